The first-order valence-corrected chi connectivity index (χ1v) is 5.73. The number of aliphatic imine (C=N–C) groups is 1. The zero-order chi connectivity index (χ0) is 12.3. The first-order chi connectivity index (χ1) is 8.24. The summed E-state index contributed by atoms with van der Waals surface area (Å²) in [6, 6.07) is 4.03. The highest BCUT2D eigenvalue weighted by atomic mass is 16.5. The summed E-state index contributed by atoms with van der Waals surface area (Å²) in [5.41, 5.74) is 2.18. The van der Waals surface area contributed by atoms with E-state index in [0.29, 0.717) is 0 Å². The van der Waals surface area contributed by atoms with E-state index in [1.165, 1.54) is 0 Å². The first kappa shape index (κ1) is 11.8. The normalized spacial score (nSPS) is 14.2. The first-order valence-electron chi connectivity index (χ1n) is 5.73. The number of nitrogens with one attached hydrogen (secondary N) is 1. The van der Waals surface area contributed by atoms with Crippen molar-refractivity contribution in [3.05, 3.63) is 23.3 Å². The van der Waals surface area contributed by atoms with E-state index in [-0.39, 0.29) is 0 Å². The predicted octanol–water partition coefficient (Wildman–Crippen LogP) is 1.56. The number of aryl methyl sites for hydroxylation is 1. The van der Waals surface area contributed by atoms with Gasteiger partial charge in [0.05, 0.1) is 20.8 Å². The number of rotatable bonds is 4. The van der Waals surface area contributed by atoms with Crippen LogP contribution in [0.4, 0.5) is 0 Å². The third-order valence-electron chi connectivity index (χ3n) is 2.90. The third kappa shape index (κ3) is 2.52. The predicted molar refractivity (Wildman–Crippen MR) is 68.3 cm³/mol. The lowest BCUT2D eigenvalue weighted by Crippen LogP contribution is -2.20. The quantitative estimate of drug-likeness (QED) is 0.859. The molecule has 17 heavy (non-hydrogen) atoms. The number of hydrogen-bond donors (Lipinski definition) is 1. The standard InChI is InChI=1S/C13H18N2O2/c1-9-6-12(17-3)10(7-11(9)16-2)8-13-14-4-5-15-13/h6-7H,4-5,8H2,1-3H3,(H,14,15). The van der Waals surface area contributed by atoms with Crippen molar-refractivity contribution in [2.24, 2.45) is 4.99 Å². The topological polar surface area (TPSA) is 42.8 Å². The summed E-state index contributed by atoms with van der Waals surface area (Å²) < 4.78 is 10.7. The van der Waals surface area contributed by atoms with Gasteiger partial charge in [-0.15, -0.1) is 0 Å². The molecule has 1 heterocycles. The van der Waals surface area contributed by atoms with E-state index in [1.54, 1.807) is 14.2 Å². The molecule has 0 saturated heterocycles. The van der Waals surface area contributed by atoms with Gasteiger partial charge in [-0.2, -0.15) is 0 Å². The number of amidine groups is 1. The minimum atomic E-state index is 0.764. The largest absolute Gasteiger partial charge is 0.496 e. The Hall–Kier alpha value is -1.71. The van der Waals surface area contributed by atoms with Crippen LogP contribution in [0.3, 0.4) is 0 Å². The molecular weight excluding hydrogens is 216 g/mol. The smallest absolute Gasteiger partial charge is 0.123 e. The van der Waals surface area contributed by atoms with Crippen LogP contribution < -0.4 is 14.8 Å². The van der Waals surface area contributed by atoms with Crippen LogP contribution >= 0.6 is 0 Å². The van der Waals surface area contributed by atoms with Gasteiger partial charge in [-0.05, 0) is 24.6 Å². The fraction of sp³-hybridized carbons (Fsp3) is 0.462. The summed E-state index contributed by atoms with van der Waals surface area (Å²) in [5, 5.41) is 3.26. The van der Waals surface area contributed by atoms with E-state index in [0.717, 1.165) is 48.0 Å². The summed E-state index contributed by atoms with van der Waals surface area (Å²) in [5.74, 6) is 2.80. The molecule has 0 fully saturated rings. The van der Waals surface area contributed by atoms with Crippen molar-refractivity contribution >= 4 is 5.84 Å². The van der Waals surface area contributed by atoms with E-state index in [1.807, 2.05) is 19.1 Å². The van der Waals surface area contributed by atoms with Crippen LogP contribution in [0.15, 0.2) is 17.1 Å². The molecule has 0 radical (unpaired) electrons. The second kappa shape index (κ2) is 5.08. The number of nitrogens with zero attached hydrogens (tertiary/aromatic N) is 1. The molecule has 1 N–H and O–H groups in total. The Kier molecular flexibility index (Phi) is 3.52. The average molecular weight is 234 g/mol. The Morgan fingerprint density at radius 3 is 2.59 bits per heavy atom. The Balaban J connectivity index is 2.29. The maximum Gasteiger partial charge on any atom is 0.123 e. The third-order valence-corrected chi connectivity index (χ3v) is 2.90. The molecule has 1 aromatic rings. The Labute approximate surface area is 102 Å². The van der Waals surface area contributed by atoms with Crippen LogP contribution in [0.2, 0.25) is 0 Å². The van der Waals surface area contributed by atoms with Crippen molar-refractivity contribution in [1.82, 2.24) is 5.32 Å². The van der Waals surface area contributed by atoms with Gasteiger partial charge < -0.3 is 14.8 Å². The van der Waals surface area contributed by atoms with Crippen molar-refractivity contribution in [3.63, 3.8) is 0 Å². The Morgan fingerprint density at radius 2 is 2.00 bits per heavy atom. The van der Waals surface area contributed by atoms with Gasteiger partial charge in [-0.1, -0.05) is 0 Å². The highest BCUT2D eigenvalue weighted by molar-refractivity contribution is 5.86. The summed E-state index contributed by atoms with van der Waals surface area (Å²) in [6.45, 7) is 3.80. The minimum Gasteiger partial charge on any atom is -0.496 e. The summed E-state index contributed by atoms with van der Waals surface area (Å²) >= 11 is 0. The van der Waals surface area contributed by atoms with Gasteiger partial charge in [-0.3, -0.25) is 4.99 Å². The molecule has 0 amide bonds. The maximum absolute atomic E-state index is 5.40. The fourth-order valence-corrected chi connectivity index (χ4v) is 2.00. The lowest BCUT2D eigenvalue weighted by molar-refractivity contribution is 0.397. The van der Waals surface area contributed by atoms with Crippen LogP contribution in [-0.4, -0.2) is 33.1 Å². The summed E-state index contributed by atoms with van der Waals surface area (Å²) in [6.07, 6.45) is 0.764. The van der Waals surface area contributed by atoms with E-state index in [4.69, 9.17) is 9.47 Å². The zero-order valence-corrected chi connectivity index (χ0v) is 10.5. The molecule has 0 bridgehead atoms. The maximum atomic E-state index is 5.40. The van der Waals surface area contributed by atoms with Gasteiger partial charge in [0.15, 0.2) is 0 Å². The van der Waals surface area contributed by atoms with Crippen LogP contribution in [0, 0.1) is 6.92 Å². The molecule has 0 atom stereocenters. The number of benzene rings is 1. The molecular formula is C13H18N2O2. The number of methoxy groups -OCH3 is 2. The molecule has 1 aliphatic rings. The summed E-state index contributed by atoms with van der Waals surface area (Å²) in [4.78, 5) is 4.39. The van der Waals surface area contributed by atoms with Crippen LogP contribution in [0.5, 0.6) is 11.5 Å². The van der Waals surface area contributed by atoms with Gasteiger partial charge in [0.2, 0.25) is 0 Å². The molecule has 2 rings (SSSR count). The van der Waals surface area contributed by atoms with Gasteiger partial charge in [0.1, 0.15) is 17.3 Å². The molecule has 0 saturated carbocycles. The molecule has 1 aromatic carbocycles. The van der Waals surface area contributed by atoms with Crippen molar-refractivity contribution in [2.75, 3.05) is 27.3 Å². The fourth-order valence-electron chi connectivity index (χ4n) is 2.00. The van der Waals surface area contributed by atoms with Gasteiger partial charge in [0.25, 0.3) is 0 Å². The average Bonchev–Trinajstić information content (AvgIpc) is 2.83. The molecule has 0 spiro atoms. The molecule has 0 unspecified atom stereocenters. The van der Waals surface area contributed by atoms with Crippen LogP contribution in [0.1, 0.15) is 11.1 Å². The minimum absolute atomic E-state index is 0.764. The van der Waals surface area contributed by atoms with E-state index in [2.05, 4.69) is 10.3 Å². The monoisotopic (exact) mass is 234 g/mol. The van der Waals surface area contributed by atoms with Crippen LogP contribution in [-0.2, 0) is 6.42 Å². The summed E-state index contributed by atoms with van der Waals surface area (Å²) in [7, 11) is 3.37. The Morgan fingerprint density at radius 1 is 1.24 bits per heavy atom. The molecule has 0 aliphatic carbocycles. The van der Waals surface area contributed by atoms with Crippen molar-refractivity contribution in [1.29, 1.82) is 0 Å². The molecule has 4 heteroatoms. The molecule has 1 aliphatic heterocycles. The van der Waals surface area contributed by atoms with Gasteiger partial charge in [-0.25, -0.2) is 0 Å². The van der Waals surface area contributed by atoms with Gasteiger partial charge >= 0.3 is 0 Å². The SMILES string of the molecule is COc1cc(CC2=NCCN2)c(OC)cc1C. The van der Waals surface area contributed by atoms with Crippen molar-refractivity contribution < 1.29 is 9.47 Å². The van der Waals surface area contributed by atoms with E-state index >= 15 is 0 Å². The lowest BCUT2D eigenvalue weighted by Gasteiger charge is -2.13. The Bertz CT molecular complexity index is 441. The van der Waals surface area contributed by atoms with E-state index < -0.39 is 0 Å². The lowest BCUT2D eigenvalue weighted by atomic mass is 10.1. The van der Waals surface area contributed by atoms with Gasteiger partial charge in [0, 0.05) is 18.5 Å². The second-order valence-corrected chi connectivity index (χ2v) is 4.07. The molecule has 0 aromatic heterocycles. The highest BCUT2D eigenvalue weighted by Crippen LogP contribution is 2.28. The second-order valence-electron chi connectivity index (χ2n) is 4.07. The molecule has 4 nitrogen and oxygen atoms in total. The number of ether oxygens (including phenoxy) is 2. The van der Waals surface area contributed by atoms with Crippen LogP contribution in [0.25, 0.3) is 0 Å². The van der Waals surface area contributed by atoms with Crippen molar-refractivity contribution in [3.8, 4) is 11.5 Å². The van der Waals surface area contributed by atoms with Crippen molar-refractivity contribution in [2.45, 2.75) is 13.3 Å². The highest BCUT2D eigenvalue weighted by Gasteiger charge is 2.12. The number of hydrogen-bond acceptors (Lipinski definition) is 4. The molecule has 92 valence electrons. The zero-order valence-electron chi connectivity index (χ0n) is 10.5. The van der Waals surface area contributed by atoms with E-state index in [9.17, 15) is 0 Å².